The highest BCUT2D eigenvalue weighted by Gasteiger charge is 2.26. The Kier molecular flexibility index (Phi) is 6.53. The van der Waals surface area contributed by atoms with Gasteiger partial charge in [-0.05, 0) is 38.1 Å². The van der Waals surface area contributed by atoms with E-state index in [0.717, 1.165) is 35.2 Å². The Hall–Kier alpha value is -2.19. The van der Waals surface area contributed by atoms with Crippen LogP contribution in [-0.2, 0) is 4.74 Å². The fourth-order valence-electron chi connectivity index (χ4n) is 3.55. The van der Waals surface area contributed by atoms with Crippen LogP contribution in [0.5, 0.6) is 0 Å². The van der Waals surface area contributed by atoms with Gasteiger partial charge >= 0.3 is 0 Å². The number of hydrogen-bond donors (Lipinski definition) is 1. The third-order valence-electron chi connectivity index (χ3n) is 5.11. The van der Waals surface area contributed by atoms with Gasteiger partial charge < -0.3 is 14.5 Å². The van der Waals surface area contributed by atoms with Crippen LogP contribution >= 0.6 is 22.9 Å². The second kappa shape index (κ2) is 9.31. The van der Waals surface area contributed by atoms with E-state index in [2.05, 4.69) is 15.2 Å². The van der Waals surface area contributed by atoms with Gasteiger partial charge in [-0.1, -0.05) is 23.7 Å². The molecule has 3 aromatic rings. The number of aromatic nitrogens is 1. The number of morpholine rings is 1. The smallest absolute Gasteiger partial charge is 0.263 e. The summed E-state index contributed by atoms with van der Waals surface area (Å²) < 4.78 is 11.4. The van der Waals surface area contributed by atoms with Crippen LogP contribution in [0.4, 0.5) is 0 Å². The van der Waals surface area contributed by atoms with Gasteiger partial charge in [0.25, 0.3) is 5.91 Å². The standard InChI is InChI=1S/C22H24ClN3O3S/c1-14-6-7-19(29-14)18(26-8-10-28-11-9-26)13-24-21(27)20-15(2)25-22(30-20)16-4-3-5-17(23)12-16/h3-7,12,18H,8-11,13H2,1-2H3,(H,24,27). The van der Waals surface area contributed by atoms with E-state index < -0.39 is 0 Å². The lowest BCUT2D eigenvalue weighted by Gasteiger charge is -2.33. The summed E-state index contributed by atoms with van der Waals surface area (Å²) in [6.45, 7) is 7.21. The molecule has 1 unspecified atom stereocenters. The average Bonchev–Trinajstić information content (AvgIpc) is 3.35. The third-order valence-corrected chi connectivity index (χ3v) is 6.55. The molecule has 0 spiro atoms. The van der Waals surface area contributed by atoms with E-state index >= 15 is 0 Å². The number of aryl methyl sites for hydroxylation is 2. The first kappa shape index (κ1) is 21.1. The molecule has 1 atom stereocenters. The number of hydrogen-bond acceptors (Lipinski definition) is 6. The maximum atomic E-state index is 13.0. The van der Waals surface area contributed by atoms with E-state index in [1.165, 1.54) is 11.3 Å². The largest absolute Gasteiger partial charge is 0.465 e. The number of furan rings is 1. The van der Waals surface area contributed by atoms with Gasteiger partial charge in [0.1, 0.15) is 21.4 Å². The summed E-state index contributed by atoms with van der Waals surface area (Å²) in [5, 5.41) is 4.51. The summed E-state index contributed by atoms with van der Waals surface area (Å²) in [5.41, 5.74) is 1.62. The maximum absolute atomic E-state index is 13.0. The molecule has 3 heterocycles. The fourth-order valence-corrected chi connectivity index (χ4v) is 4.72. The molecule has 1 aromatic carbocycles. The first-order valence-electron chi connectivity index (χ1n) is 9.91. The molecule has 1 aliphatic heterocycles. The molecule has 8 heteroatoms. The number of thiazole rings is 1. The van der Waals surface area contributed by atoms with Crippen LogP contribution in [-0.4, -0.2) is 48.6 Å². The highest BCUT2D eigenvalue weighted by Crippen LogP contribution is 2.30. The summed E-state index contributed by atoms with van der Waals surface area (Å²) in [6, 6.07) is 11.4. The Labute approximate surface area is 184 Å². The molecule has 0 bridgehead atoms. The van der Waals surface area contributed by atoms with Gasteiger partial charge in [-0.25, -0.2) is 4.98 Å². The minimum atomic E-state index is -0.125. The number of nitrogens with one attached hydrogen (secondary N) is 1. The summed E-state index contributed by atoms with van der Waals surface area (Å²) >= 11 is 7.48. The van der Waals surface area contributed by atoms with Crippen molar-refractivity contribution in [2.45, 2.75) is 19.9 Å². The van der Waals surface area contributed by atoms with Crippen molar-refractivity contribution in [3.8, 4) is 10.6 Å². The summed E-state index contributed by atoms with van der Waals surface area (Å²) in [4.78, 5) is 20.4. The maximum Gasteiger partial charge on any atom is 0.263 e. The average molecular weight is 446 g/mol. The number of carbonyl (C=O) groups excluding carboxylic acids is 1. The number of halogens is 1. The molecular weight excluding hydrogens is 422 g/mol. The summed E-state index contributed by atoms with van der Waals surface area (Å²) in [7, 11) is 0. The van der Waals surface area contributed by atoms with Crippen molar-refractivity contribution in [2.24, 2.45) is 0 Å². The predicted octanol–water partition coefficient (Wildman–Crippen LogP) is 4.48. The minimum Gasteiger partial charge on any atom is -0.465 e. The molecule has 30 heavy (non-hydrogen) atoms. The lowest BCUT2D eigenvalue weighted by atomic mass is 10.1. The number of amides is 1. The van der Waals surface area contributed by atoms with Crippen molar-refractivity contribution < 1.29 is 13.9 Å². The molecule has 6 nitrogen and oxygen atoms in total. The predicted molar refractivity (Wildman–Crippen MR) is 118 cm³/mol. The van der Waals surface area contributed by atoms with E-state index in [1.807, 2.05) is 50.2 Å². The zero-order valence-corrected chi connectivity index (χ0v) is 18.6. The van der Waals surface area contributed by atoms with Crippen molar-refractivity contribution in [1.82, 2.24) is 15.2 Å². The molecule has 1 amide bonds. The van der Waals surface area contributed by atoms with Gasteiger partial charge in [-0.3, -0.25) is 9.69 Å². The Bertz CT molecular complexity index is 1030. The summed E-state index contributed by atoms with van der Waals surface area (Å²) in [5.74, 6) is 1.59. The molecule has 0 saturated carbocycles. The van der Waals surface area contributed by atoms with Gasteiger partial charge in [-0.15, -0.1) is 11.3 Å². The summed E-state index contributed by atoms with van der Waals surface area (Å²) in [6.07, 6.45) is 0. The number of benzene rings is 1. The molecule has 1 aliphatic rings. The van der Waals surface area contributed by atoms with Gasteiger partial charge in [0.05, 0.1) is 24.9 Å². The highest BCUT2D eigenvalue weighted by molar-refractivity contribution is 7.17. The van der Waals surface area contributed by atoms with E-state index in [9.17, 15) is 4.79 Å². The minimum absolute atomic E-state index is 0.0350. The molecular formula is C22H24ClN3O3S. The topological polar surface area (TPSA) is 67.6 Å². The van der Waals surface area contributed by atoms with Crippen LogP contribution in [0.15, 0.2) is 40.8 Å². The number of ether oxygens (including phenoxy) is 1. The van der Waals surface area contributed by atoms with Crippen LogP contribution < -0.4 is 5.32 Å². The van der Waals surface area contributed by atoms with Crippen LogP contribution in [0, 0.1) is 13.8 Å². The zero-order valence-electron chi connectivity index (χ0n) is 17.0. The SMILES string of the molecule is Cc1ccc(C(CNC(=O)c2sc(-c3cccc(Cl)c3)nc2C)N2CCOCC2)o1. The Morgan fingerprint density at radius 3 is 2.77 bits per heavy atom. The van der Waals surface area contributed by atoms with E-state index in [4.69, 9.17) is 20.8 Å². The van der Waals surface area contributed by atoms with Crippen LogP contribution in [0.3, 0.4) is 0 Å². The Morgan fingerprint density at radius 2 is 2.07 bits per heavy atom. The second-order valence-electron chi connectivity index (χ2n) is 7.27. The van der Waals surface area contributed by atoms with Crippen molar-refractivity contribution in [1.29, 1.82) is 0 Å². The molecule has 1 N–H and O–H groups in total. The van der Waals surface area contributed by atoms with Gasteiger partial charge in [0.15, 0.2) is 0 Å². The van der Waals surface area contributed by atoms with E-state index in [1.54, 1.807) is 0 Å². The van der Waals surface area contributed by atoms with Gasteiger partial charge in [0.2, 0.25) is 0 Å². The lowest BCUT2D eigenvalue weighted by molar-refractivity contribution is 0.0117. The zero-order chi connectivity index (χ0) is 21.1. The normalized spacial score (nSPS) is 15.8. The monoisotopic (exact) mass is 445 g/mol. The molecule has 1 fully saturated rings. The molecule has 0 aliphatic carbocycles. The first-order valence-corrected chi connectivity index (χ1v) is 11.1. The molecule has 158 valence electrons. The van der Waals surface area contributed by atoms with Gasteiger partial charge in [-0.2, -0.15) is 0 Å². The van der Waals surface area contributed by atoms with Gasteiger partial charge in [0, 0.05) is 30.2 Å². The first-order chi connectivity index (χ1) is 14.5. The van der Waals surface area contributed by atoms with Crippen molar-refractivity contribution in [3.05, 3.63) is 63.5 Å². The quantitative estimate of drug-likeness (QED) is 0.606. The van der Waals surface area contributed by atoms with Crippen LogP contribution in [0.25, 0.3) is 10.6 Å². The molecule has 1 saturated heterocycles. The van der Waals surface area contributed by atoms with Crippen molar-refractivity contribution in [3.63, 3.8) is 0 Å². The number of carbonyl (C=O) groups is 1. The Balaban J connectivity index is 1.49. The molecule has 4 rings (SSSR count). The van der Waals surface area contributed by atoms with E-state index in [-0.39, 0.29) is 11.9 Å². The number of rotatable bonds is 6. The second-order valence-corrected chi connectivity index (χ2v) is 8.70. The van der Waals surface area contributed by atoms with Crippen molar-refractivity contribution in [2.75, 3.05) is 32.8 Å². The molecule has 0 radical (unpaired) electrons. The fraction of sp³-hybridized carbons (Fsp3) is 0.364. The Morgan fingerprint density at radius 1 is 1.27 bits per heavy atom. The van der Waals surface area contributed by atoms with Crippen molar-refractivity contribution >= 4 is 28.8 Å². The number of nitrogens with zero attached hydrogens (tertiary/aromatic N) is 2. The lowest BCUT2D eigenvalue weighted by Crippen LogP contribution is -2.43. The van der Waals surface area contributed by atoms with Crippen LogP contribution in [0.1, 0.15) is 32.9 Å². The molecule has 2 aromatic heterocycles. The third kappa shape index (κ3) is 4.75. The van der Waals surface area contributed by atoms with E-state index in [0.29, 0.717) is 35.4 Å². The van der Waals surface area contributed by atoms with Crippen LogP contribution in [0.2, 0.25) is 5.02 Å². The highest BCUT2D eigenvalue weighted by atomic mass is 35.5.